The maximum Gasteiger partial charge on any atom is 0.0773 e. The summed E-state index contributed by atoms with van der Waals surface area (Å²) in [5.74, 6) is 0. The zero-order chi connectivity index (χ0) is 13.0. The van der Waals surface area contributed by atoms with Gasteiger partial charge in [-0.1, -0.05) is 41.5 Å². The van der Waals surface area contributed by atoms with Crippen molar-refractivity contribution in [1.82, 2.24) is 0 Å². The Morgan fingerprint density at radius 1 is 1.06 bits per heavy atom. The summed E-state index contributed by atoms with van der Waals surface area (Å²) in [5.41, 5.74) is 6.74. The van der Waals surface area contributed by atoms with Crippen molar-refractivity contribution in [3.05, 3.63) is 0 Å². The minimum Gasteiger partial charge on any atom is -0.376 e. The van der Waals surface area contributed by atoms with E-state index in [1.54, 1.807) is 0 Å². The van der Waals surface area contributed by atoms with Crippen molar-refractivity contribution in [1.29, 1.82) is 0 Å². The third-order valence-corrected chi connectivity index (χ3v) is 2.82. The van der Waals surface area contributed by atoms with Crippen LogP contribution < -0.4 is 5.73 Å². The smallest absolute Gasteiger partial charge is 0.0773 e. The van der Waals surface area contributed by atoms with Gasteiger partial charge in [-0.05, 0) is 30.6 Å². The van der Waals surface area contributed by atoms with Crippen LogP contribution in [0.15, 0.2) is 0 Å². The van der Waals surface area contributed by atoms with Gasteiger partial charge in [-0.2, -0.15) is 0 Å². The van der Waals surface area contributed by atoms with E-state index in [1.807, 2.05) is 6.92 Å². The first-order valence-corrected chi connectivity index (χ1v) is 6.45. The Morgan fingerprint density at radius 3 is 1.88 bits per heavy atom. The van der Waals surface area contributed by atoms with Crippen molar-refractivity contribution < 1.29 is 4.74 Å². The topological polar surface area (TPSA) is 35.2 Å². The van der Waals surface area contributed by atoms with Gasteiger partial charge < -0.3 is 10.5 Å². The fraction of sp³-hybridized carbons (Fsp3) is 1.00. The quantitative estimate of drug-likeness (QED) is 0.782. The largest absolute Gasteiger partial charge is 0.376 e. The molecule has 0 rings (SSSR count). The van der Waals surface area contributed by atoms with Crippen LogP contribution >= 0.6 is 0 Å². The minimum atomic E-state index is 0.118. The summed E-state index contributed by atoms with van der Waals surface area (Å²) in [6, 6.07) is 0.138. The third kappa shape index (κ3) is 6.49. The summed E-state index contributed by atoms with van der Waals surface area (Å²) >= 11 is 0. The summed E-state index contributed by atoms with van der Waals surface area (Å²) in [6.07, 6.45) is 2.33. The fourth-order valence-electron chi connectivity index (χ4n) is 1.95. The van der Waals surface area contributed by atoms with Crippen LogP contribution in [0.25, 0.3) is 0 Å². The van der Waals surface area contributed by atoms with Gasteiger partial charge in [-0.25, -0.2) is 0 Å². The normalized spacial score (nSPS) is 17.2. The Kier molecular flexibility index (Phi) is 5.99. The van der Waals surface area contributed by atoms with Gasteiger partial charge in [0.05, 0.1) is 6.10 Å². The highest BCUT2D eigenvalue weighted by atomic mass is 16.5. The van der Waals surface area contributed by atoms with Gasteiger partial charge >= 0.3 is 0 Å². The van der Waals surface area contributed by atoms with E-state index in [-0.39, 0.29) is 17.6 Å². The van der Waals surface area contributed by atoms with Crippen LogP contribution in [-0.4, -0.2) is 18.8 Å². The van der Waals surface area contributed by atoms with Crippen LogP contribution in [0.1, 0.15) is 61.3 Å². The van der Waals surface area contributed by atoms with Gasteiger partial charge in [-0.15, -0.1) is 0 Å². The van der Waals surface area contributed by atoms with Gasteiger partial charge in [-0.3, -0.25) is 0 Å². The van der Waals surface area contributed by atoms with Crippen molar-refractivity contribution in [2.24, 2.45) is 16.6 Å². The molecule has 0 aromatic heterocycles. The number of hydrogen-bond acceptors (Lipinski definition) is 2. The molecule has 0 aliphatic heterocycles. The molecule has 0 radical (unpaired) electrons. The van der Waals surface area contributed by atoms with Gasteiger partial charge in [0.2, 0.25) is 0 Å². The van der Waals surface area contributed by atoms with Gasteiger partial charge in [0.25, 0.3) is 0 Å². The first-order valence-electron chi connectivity index (χ1n) is 6.45. The van der Waals surface area contributed by atoms with Crippen LogP contribution in [0.3, 0.4) is 0 Å². The molecule has 0 bridgehead atoms. The second kappa shape index (κ2) is 6.02. The van der Waals surface area contributed by atoms with Crippen molar-refractivity contribution in [3.63, 3.8) is 0 Å². The minimum absolute atomic E-state index is 0.118. The van der Waals surface area contributed by atoms with Crippen molar-refractivity contribution >= 4 is 0 Å². The van der Waals surface area contributed by atoms with Crippen LogP contribution in [-0.2, 0) is 4.74 Å². The summed E-state index contributed by atoms with van der Waals surface area (Å²) in [7, 11) is 0. The number of rotatable bonds is 5. The van der Waals surface area contributed by atoms with Crippen molar-refractivity contribution in [3.8, 4) is 0 Å². The van der Waals surface area contributed by atoms with E-state index in [4.69, 9.17) is 10.5 Å². The highest BCUT2D eigenvalue weighted by Crippen LogP contribution is 2.28. The first-order chi connectivity index (χ1) is 7.08. The predicted octanol–water partition coefficient (Wildman–Crippen LogP) is 3.59. The monoisotopic (exact) mass is 229 g/mol. The van der Waals surface area contributed by atoms with Crippen LogP contribution in [0.4, 0.5) is 0 Å². The zero-order valence-electron chi connectivity index (χ0n) is 12.3. The van der Waals surface area contributed by atoms with Gasteiger partial charge in [0.15, 0.2) is 0 Å². The summed E-state index contributed by atoms with van der Waals surface area (Å²) in [4.78, 5) is 0. The van der Waals surface area contributed by atoms with Crippen LogP contribution in [0.2, 0.25) is 0 Å². The molecule has 16 heavy (non-hydrogen) atoms. The lowest BCUT2D eigenvalue weighted by atomic mass is 9.80. The lowest BCUT2D eigenvalue weighted by molar-refractivity contribution is -0.0307. The van der Waals surface area contributed by atoms with E-state index in [0.29, 0.717) is 5.41 Å². The highest BCUT2D eigenvalue weighted by molar-refractivity contribution is 4.85. The van der Waals surface area contributed by atoms with Gasteiger partial charge in [0.1, 0.15) is 0 Å². The first kappa shape index (κ1) is 15.9. The Labute approximate surface area is 102 Å². The molecule has 0 spiro atoms. The summed E-state index contributed by atoms with van der Waals surface area (Å²) in [6.45, 7) is 16.1. The van der Waals surface area contributed by atoms with E-state index in [1.165, 1.54) is 0 Å². The number of hydrogen-bond donors (Lipinski definition) is 1. The van der Waals surface area contributed by atoms with E-state index in [2.05, 4.69) is 41.5 Å². The average molecular weight is 229 g/mol. The molecule has 0 aliphatic carbocycles. The Hall–Kier alpha value is -0.0800. The molecule has 0 heterocycles. The molecule has 0 aromatic rings. The van der Waals surface area contributed by atoms with E-state index < -0.39 is 0 Å². The lowest BCUT2D eigenvalue weighted by Crippen LogP contribution is -2.45. The fourth-order valence-corrected chi connectivity index (χ4v) is 1.95. The number of nitrogens with two attached hydrogens (primary N) is 1. The second-order valence-electron chi connectivity index (χ2n) is 7.01. The standard InChI is InChI=1S/C14H31NO/c1-8-16-12(14(5,6)7)11(15)9-10-13(2,3)4/h11-12H,8-10,15H2,1-7H3. The Balaban J connectivity index is 4.34. The van der Waals surface area contributed by atoms with E-state index >= 15 is 0 Å². The van der Waals surface area contributed by atoms with Crippen molar-refractivity contribution in [2.45, 2.75) is 73.5 Å². The molecule has 0 aromatic carbocycles. The summed E-state index contributed by atoms with van der Waals surface area (Å²) < 4.78 is 5.81. The van der Waals surface area contributed by atoms with Gasteiger partial charge in [0, 0.05) is 12.6 Å². The Bertz CT molecular complexity index is 188. The molecule has 0 aliphatic rings. The molecule has 2 unspecified atom stereocenters. The van der Waals surface area contributed by atoms with Crippen molar-refractivity contribution in [2.75, 3.05) is 6.61 Å². The van der Waals surface area contributed by atoms with Crippen LogP contribution in [0, 0.1) is 10.8 Å². The molecule has 0 fully saturated rings. The van der Waals surface area contributed by atoms with E-state index in [0.717, 1.165) is 19.4 Å². The Morgan fingerprint density at radius 2 is 1.56 bits per heavy atom. The zero-order valence-corrected chi connectivity index (χ0v) is 12.3. The summed E-state index contributed by atoms with van der Waals surface area (Å²) in [5, 5.41) is 0. The van der Waals surface area contributed by atoms with E-state index in [9.17, 15) is 0 Å². The highest BCUT2D eigenvalue weighted by Gasteiger charge is 2.31. The number of ether oxygens (including phenoxy) is 1. The molecular weight excluding hydrogens is 198 g/mol. The molecule has 2 N–H and O–H groups in total. The molecule has 0 amide bonds. The average Bonchev–Trinajstić information content (AvgIpc) is 2.07. The van der Waals surface area contributed by atoms with Crippen LogP contribution in [0.5, 0.6) is 0 Å². The maximum atomic E-state index is 6.27. The predicted molar refractivity (Wildman–Crippen MR) is 71.5 cm³/mol. The molecule has 2 nitrogen and oxygen atoms in total. The third-order valence-electron chi connectivity index (χ3n) is 2.82. The molecule has 0 saturated carbocycles. The molecule has 2 heteroatoms. The molecule has 98 valence electrons. The SMILES string of the molecule is CCOC(C(N)CCC(C)(C)C)C(C)(C)C. The molecule has 0 saturated heterocycles. The molecular formula is C14H31NO. The maximum absolute atomic E-state index is 6.27. The second-order valence-corrected chi connectivity index (χ2v) is 7.01. The molecule has 2 atom stereocenters. The lowest BCUT2D eigenvalue weighted by Gasteiger charge is -2.36.